The van der Waals surface area contributed by atoms with Crippen molar-refractivity contribution < 1.29 is 9.18 Å². The maximum Gasteiger partial charge on any atom is 0.262 e. The number of aromatic nitrogens is 3. The van der Waals surface area contributed by atoms with Crippen molar-refractivity contribution in [3.63, 3.8) is 0 Å². The number of dihydropyridines is 1. The number of hydrogen-bond acceptors (Lipinski definition) is 5. The molecule has 5 N–H and O–H groups in total. The molecule has 0 spiro atoms. The van der Waals surface area contributed by atoms with Gasteiger partial charge in [0.25, 0.3) is 5.91 Å². The zero-order valence-corrected chi connectivity index (χ0v) is 25.7. The molecule has 5 aromatic rings. The van der Waals surface area contributed by atoms with Gasteiger partial charge in [0.15, 0.2) is 5.66 Å². The first-order valence-corrected chi connectivity index (χ1v) is 15.1. The number of para-hydroxylation sites is 1. The first-order valence-electron chi connectivity index (χ1n) is 15.1. The summed E-state index contributed by atoms with van der Waals surface area (Å²) in [5, 5.41) is 9.04. The number of amides is 1. The van der Waals surface area contributed by atoms with E-state index in [-0.39, 0.29) is 22.9 Å². The van der Waals surface area contributed by atoms with Crippen molar-refractivity contribution in [2.75, 3.05) is 7.05 Å². The number of rotatable bonds is 5. The lowest BCUT2D eigenvalue weighted by Gasteiger charge is -2.55. The molecule has 0 radical (unpaired) electrons. The fourth-order valence-electron chi connectivity index (χ4n) is 7.35. The lowest BCUT2D eigenvalue weighted by atomic mass is 9.77. The van der Waals surface area contributed by atoms with Gasteiger partial charge in [-0.25, -0.2) is 9.37 Å². The van der Waals surface area contributed by atoms with Crippen LogP contribution in [-0.4, -0.2) is 55.2 Å². The van der Waals surface area contributed by atoms with Crippen LogP contribution in [0, 0.1) is 5.82 Å². The number of hydrogen-bond donors (Lipinski definition) is 4. The summed E-state index contributed by atoms with van der Waals surface area (Å²) in [6.45, 7) is 8.95. The Hall–Kier alpha value is -4.47. The van der Waals surface area contributed by atoms with Crippen molar-refractivity contribution in [3.8, 4) is 11.4 Å². The Kier molecular flexibility index (Phi) is 6.29. The van der Waals surface area contributed by atoms with Crippen LogP contribution in [0.1, 0.15) is 40.5 Å². The summed E-state index contributed by atoms with van der Waals surface area (Å²) in [4.78, 5) is 23.5. The van der Waals surface area contributed by atoms with Gasteiger partial charge in [-0.15, -0.1) is 0 Å². The van der Waals surface area contributed by atoms with Gasteiger partial charge < -0.3 is 20.6 Å². The number of nitrogens with two attached hydrogens (primary N) is 1. The van der Waals surface area contributed by atoms with Crippen molar-refractivity contribution >= 4 is 44.4 Å². The second-order valence-corrected chi connectivity index (χ2v) is 13.5. The van der Waals surface area contributed by atoms with E-state index in [2.05, 4.69) is 78.0 Å². The lowest BCUT2D eigenvalue weighted by molar-refractivity contribution is -0.124. The van der Waals surface area contributed by atoms with Gasteiger partial charge in [-0.2, -0.15) is 0 Å². The minimum Gasteiger partial charge on any atom is -0.366 e. The third-order valence-corrected chi connectivity index (χ3v) is 9.74. The number of likely N-dealkylation sites (tertiary alicyclic amines) is 1. The van der Waals surface area contributed by atoms with Gasteiger partial charge in [0.2, 0.25) is 0 Å². The average molecular weight is 592 g/mol. The summed E-state index contributed by atoms with van der Waals surface area (Å²) in [6.07, 6.45) is 7.42. The van der Waals surface area contributed by atoms with E-state index >= 15 is 0 Å². The predicted molar refractivity (Wildman–Crippen MR) is 175 cm³/mol. The Morgan fingerprint density at radius 3 is 2.45 bits per heavy atom. The highest BCUT2D eigenvalue weighted by atomic mass is 19.1. The number of H-pyrrole nitrogens is 1. The van der Waals surface area contributed by atoms with Gasteiger partial charge >= 0.3 is 0 Å². The summed E-state index contributed by atoms with van der Waals surface area (Å²) >= 11 is 0. The lowest BCUT2D eigenvalue weighted by Crippen LogP contribution is -2.70. The molecular formula is C35H38FN7O. The number of nitrogens with zero attached hydrogens (tertiary/aromatic N) is 3. The number of aromatic amines is 1. The van der Waals surface area contributed by atoms with Crippen LogP contribution in [-0.2, 0) is 4.79 Å². The fourth-order valence-corrected chi connectivity index (χ4v) is 7.35. The summed E-state index contributed by atoms with van der Waals surface area (Å²) in [6, 6.07) is 19.0. The number of piperidine rings is 1. The van der Waals surface area contributed by atoms with Crippen LogP contribution >= 0.6 is 0 Å². The summed E-state index contributed by atoms with van der Waals surface area (Å²) < 4.78 is 16.1. The van der Waals surface area contributed by atoms with Crippen LogP contribution in [0.15, 0.2) is 79.0 Å². The predicted octanol–water partition coefficient (Wildman–Crippen LogP) is 5.86. The number of nitrogens with one attached hydrogen (secondary N) is 3. The minimum atomic E-state index is -1.22. The van der Waals surface area contributed by atoms with E-state index in [4.69, 9.17) is 10.7 Å². The van der Waals surface area contributed by atoms with E-state index in [9.17, 15) is 9.18 Å². The van der Waals surface area contributed by atoms with Crippen LogP contribution in [0.2, 0.25) is 0 Å². The largest absolute Gasteiger partial charge is 0.366 e. The number of allylic oxidation sites excluding steroid dienone is 2. The molecule has 44 heavy (non-hydrogen) atoms. The van der Waals surface area contributed by atoms with Gasteiger partial charge in [-0.05, 0) is 90.1 Å². The topological polar surface area (TPSA) is 104 Å². The summed E-state index contributed by atoms with van der Waals surface area (Å²) in [5.41, 5.74) is 9.86. The minimum absolute atomic E-state index is 0.0493. The zero-order valence-electron chi connectivity index (χ0n) is 25.7. The number of halogens is 1. The standard InChI is InChI=1S/C35H38FN7O/c1-33(2)18-22(19-34(3,4)42(33)5)41-35(32(37)44)16-15-23(20-38-35)43-28-11-7-6-9-24(28)30-25(10-8-12-29(30)43)31-39-26-14-13-21(36)17-27(26)40-31/h6-17,20,22,38,41H,18-19H2,1-5H3,(H2,37,44)(H,39,40). The molecule has 9 heteroatoms. The Balaban J connectivity index is 1.29. The van der Waals surface area contributed by atoms with E-state index in [0.29, 0.717) is 16.9 Å². The highest BCUT2D eigenvalue weighted by Gasteiger charge is 2.46. The molecular weight excluding hydrogens is 553 g/mol. The molecule has 4 heterocycles. The second kappa shape index (κ2) is 9.77. The molecule has 0 bridgehead atoms. The molecule has 1 amide bonds. The SMILES string of the molecule is CN1C(C)(C)CC(NC2(C(N)=O)C=CC(n3c4ccccc4c4c(-c5nc6ccc(F)cc6[nH]5)cccc43)=CN2)CC1(C)C. The number of carbonyl (C=O) groups excluding carboxylic acids is 1. The van der Waals surface area contributed by atoms with E-state index in [0.717, 1.165) is 45.9 Å². The Labute approximate surface area is 255 Å². The van der Waals surface area contributed by atoms with E-state index in [1.54, 1.807) is 6.07 Å². The number of carbonyl (C=O) groups is 1. The van der Waals surface area contributed by atoms with Gasteiger partial charge in [0.1, 0.15) is 11.6 Å². The maximum atomic E-state index is 13.9. The number of imidazole rings is 1. The van der Waals surface area contributed by atoms with E-state index in [1.165, 1.54) is 12.1 Å². The monoisotopic (exact) mass is 591 g/mol. The van der Waals surface area contributed by atoms with Crippen LogP contribution in [0.5, 0.6) is 0 Å². The van der Waals surface area contributed by atoms with E-state index < -0.39 is 11.6 Å². The molecule has 8 nitrogen and oxygen atoms in total. The second-order valence-electron chi connectivity index (χ2n) is 13.5. The van der Waals surface area contributed by atoms with Crippen molar-refractivity contribution in [1.82, 2.24) is 30.1 Å². The van der Waals surface area contributed by atoms with Gasteiger partial charge in [0.05, 0.1) is 27.8 Å². The molecule has 2 aliphatic heterocycles. The van der Waals surface area contributed by atoms with Gasteiger partial charge in [-0.1, -0.05) is 30.3 Å². The summed E-state index contributed by atoms with van der Waals surface area (Å²) in [7, 11) is 2.17. The van der Waals surface area contributed by atoms with E-state index in [1.807, 2.05) is 42.6 Å². The Bertz CT molecular complexity index is 2000. The molecule has 7 rings (SSSR count). The molecule has 1 atom stereocenters. The molecule has 3 aromatic carbocycles. The average Bonchev–Trinajstić information content (AvgIpc) is 3.55. The molecule has 0 saturated carbocycles. The molecule has 226 valence electrons. The van der Waals surface area contributed by atoms with Crippen LogP contribution < -0.4 is 16.4 Å². The van der Waals surface area contributed by atoms with Gasteiger partial charge in [-0.3, -0.25) is 15.0 Å². The smallest absolute Gasteiger partial charge is 0.262 e. The normalized spacial score (nSPS) is 22.0. The first kappa shape index (κ1) is 28.3. The number of primary amides is 1. The van der Waals surface area contributed by atoms with Crippen LogP contribution in [0.25, 0.3) is 49.9 Å². The fraction of sp³-hybridized carbons (Fsp3) is 0.314. The van der Waals surface area contributed by atoms with Crippen molar-refractivity contribution in [1.29, 1.82) is 0 Å². The van der Waals surface area contributed by atoms with Crippen LogP contribution in [0.3, 0.4) is 0 Å². The highest BCUT2D eigenvalue weighted by molar-refractivity contribution is 6.16. The van der Waals surface area contributed by atoms with Crippen molar-refractivity contribution in [2.45, 2.75) is 63.3 Å². The maximum absolute atomic E-state index is 13.9. The first-order chi connectivity index (χ1) is 20.9. The molecule has 1 unspecified atom stereocenters. The number of fused-ring (bicyclic) bond motifs is 4. The molecule has 2 aliphatic rings. The third kappa shape index (κ3) is 4.41. The molecule has 1 saturated heterocycles. The molecule has 1 fully saturated rings. The van der Waals surface area contributed by atoms with Gasteiger partial charge in [0, 0.05) is 39.7 Å². The third-order valence-electron chi connectivity index (χ3n) is 9.74. The number of benzene rings is 3. The molecule has 0 aliphatic carbocycles. The van der Waals surface area contributed by atoms with Crippen molar-refractivity contribution in [2.24, 2.45) is 5.73 Å². The Morgan fingerprint density at radius 1 is 1.02 bits per heavy atom. The molecule has 2 aromatic heterocycles. The Morgan fingerprint density at radius 2 is 1.75 bits per heavy atom. The van der Waals surface area contributed by atoms with Crippen molar-refractivity contribution in [3.05, 3.63) is 84.8 Å². The summed E-state index contributed by atoms with van der Waals surface area (Å²) in [5.74, 6) is -0.119. The van der Waals surface area contributed by atoms with Crippen LogP contribution in [0.4, 0.5) is 4.39 Å². The zero-order chi connectivity index (χ0) is 31.0. The quantitative estimate of drug-likeness (QED) is 0.205. The highest BCUT2D eigenvalue weighted by Crippen LogP contribution is 2.40.